The Morgan fingerprint density at radius 1 is 1.48 bits per heavy atom. The number of amides is 1. The molecule has 0 spiro atoms. The third-order valence-corrected chi connectivity index (χ3v) is 4.64. The van der Waals surface area contributed by atoms with Crippen molar-refractivity contribution in [3.8, 4) is 0 Å². The van der Waals surface area contributed by atoms with Crippen LogP contribution in [-0.4, -0.2) is 32.8 Å². The van der Waals surface area contributed by atoms with Gasteiger partial charge in [-0.15, -0.1) is 5.10 Å². The lowest BCUT2D eigenvalue weighted by molar-refractivity contribution is -0.135. The van der Waals surface area contributed by atoms with Gasteiger partial charge in [0.2, 0.25) is 5.91 Å². The second-order valence-corrected chi connectivity index (χ2v) is 6.31. The van der Waals surface area contributed by atoms with Crippen molar-refractivity contribution in [1.29, 1.82) is 0 Å². The van der Waals surface area contributed by atoms with Crippen LogP contribution in [0.3, 0.4) is 0 Å². The Balaban J connectivity index is 1.71. The second kappa shape index (κ2) is 6.10. The molecule has 2 aromatic rings. The molecule has 1 amide bonds. The molecule has 1 aromatic carbocycles. The van der Waals surface area contributed by atoms with Gasteiger partial charge in [-0.3, -0.25) is 9.48 Å². The second-order valence-electron chi connectivity index (χ2n) is 6.31. The number of fused-ring (bicyclic) bond motifs is 1. The summed E-state index contributed by atoms with van der Waals surface area (Å²) in [6, 6.07) is 4.69. The van der Waals surface area contributed by atoms with E-state index in [1.54, 1.807) is 22.7 Å². The number of rotatable bonds is 3. The average Bonchev–Trinajstić information content (AvgIpc) is 2.91. The first-order valence-electron chi connectivity index (χ1n) is 7.83. The zero-order valence-corrected chi connectivity index (χ0v) is 13.7. The summed E-state index contributed by atoms with van der Waals surface area (Å²) in [4.78, 5) is 14.4. The maximum atomic E-state index is 13.4. The Bertz CT molecular complexity index is 740. The van der Waals surface area contributed by atoms with Crippen molar-refractivity contribution in [2.24, 2.45) is 13.0 Å². The maximum absolute atomic E-state index is 13.4. The number of nitrogens with zero attached hydrogens (tertiary/aromatic N) is 4. The Kier molecular flexibility index (Phi) is 4.15. The van der Waals surface area contributed by atoms with Crippen LogP contribution in [0.25, 0.3) is 0 Å². The number of halogens is 1. The molecule has 0 fully saturated rings. The van der Waals surface area contributed by atoms with Gasteiger partial charge in [0.1, 0.15) is 5.82 Å². The molecule has 1 atom stereocenters. The van der Waals surface area contributed by atoms with Crippen LogP contribution < -0.4 is 0 Å². The number of carbonyl (C=O) groups excluding carboxylic acids is 1. The van der Waals surface area contributed by atoms with Gasteiger partial charge in [-0.25, -0.2) is 4.39 Å². The van der Waals surface area contributed by atoms with Gasteiger partial charge in [-0.05, 0) is 43.0 Å². The minimum Gasteiger partial charge on any atom is -0.341 e. The van der Waals surface area contributed by atoms with E-state index in [1.807, 2.05) is 14.0 Å². The largest absolute Gasteiger partial charge is 0.341 e. The zero-order chi connectivity index (χ0) is 16.6. The van der Waals surface area contributed by atoms with Crippen LogP contribution in [0.15, 0.2) is 18.2 Å². The van der Waals surface area contributed by atoms with Crippen molar-refractivity contribution >= 4 is 5.91 Å². The van der Waals surface area contributed by atoms with Crippen molar-refractivity contribution in [3.63, 3.8) is 0 Å². The van der Waals surface area contributed by atoms with E-state index in [4.69, 9.17) is 0 Å². The van der Waals surface area contributed by atoms with Crippen LogP contribution in [0.1, 0.15) is 28.9 Å². The number of carbonyl (C=O) groups is 1. The number of aryl methyl sites for hydroxylation is 3. The summed E-state index contributed by atoms with van der Waals surface area (Å²) in [7, 11) is 3.64. The zero-order valence-electron chi connectivity index (χ0n) is 13.7. The van der Waals surface area contributed by atoms with Crippen molar-refractivity contribution in [2.75, 3.05) is 7.05 Å². The molecule has 0 radical (unpaired) electrons. The summed E-state index contributed by atoms with van der Waals surface area (Å²) in [6.45, 7) is 2.36. The van der Waals surface area contributed by atoms with Gasteiger partial charge in [0.25, 0.3) is 0 Å². The standard InChI is InChI=1S/C17H21FN4O/c1-11-4-6-14(18)8-13(11)10-21(2)17(23)12-5-7-15-16(9-12)22(3)20-19-15/h4,6,8,12H,5,7,9-10H2,1-3H3. The van der Waals surface area contributed by atoms with Crippen LogP contribution in [0, 0.1) is 18.7 Å². The average molecular weight is 316 g/mol. The SMILES string of the molecule is Cc1ccc(F)cc1CN(C)C(=O)C1CCc2nnn(C)c2C1. The molecule has 23 heavy (non-hydrogen) atoms. The van der Waals surface area contributed by atoms with Crippen molar-refractivity contribution < 1.29 is 9.18 Å². The number of hydrogen-bond acceptors (Lipinski definition) is 3. The Labute approximate surface area is 135 Å². The summed E-state index contributed by atoms with van der Waals surface area (Å²) in [5.41, 5.74) is 3.89. The van der Waals surface area contributed by atoms with Gasteiger partial charge in [-0.2, -0.15) is 0 Å². The number of hydrogen-bond donors (Lipinski definition) is 0. The fourth-order valence-electron chi connectivity index (χ4n) is 3.18. The Morgan fingerprint density at radius 2 is 2.26 bits per heavy atom. The molecule has 0 aliphatic heterocycles. The third-order valence-electron chi connectivity index (χ3n) is 4.64. The van der Waals surface area contributed by atoms with Gasteiger partial charge in [-0.1, -0.05) is 11.3 Å². The van der Waals surface area contributed by atoms with E-state index in [1.165, 1.54) is 12.1 Å². The molecule has 0 saturated carbocycles. The molecule has 6 heteroatoms. The molecular weight excluding hydrogens is 295 g/mol. The first-order valence-corrected chi connectivity index (χ1v) is 7.83. The molecule has 3 rings (SSSR count). The maximum Gasteiger partial charge on any atom is 0.226 e. The highest BCUT2D eigenvalue weighted by molar-refractivity contribution is 5.79. The molecule has 1 aromatic heterocycles. The Morgan fingerprint density at radius 3 is 3.04 bits per heavy atom. The first-order chi connectivity index (χ1) is 11.0. The first kappa shape index (κ1) is 15.6. The predicted molar refractivity (Wildman–Crippen MR) is 84.1 cm³/mol. The normalized spacial score (nSPS) is 17.0. The summed E-state index contributed by atoms with van der Waals surface area (Å²) >= 11 is 0. The van der Waals surface area contributed by atoms with E-state index in [9.17, 15) is 9.18 Å². The van der Waals surface area contributed by atoms with Crippen molar-refractivity contribution in [3.05, 3.63) is 46.5 Å². The molecule has 1 unspecified atom stereocenters. The van der Waals surface area contributed by atoms with E-state index in [0.717, 1.165) is 35.4 Å². The summed E-state index contributed by atoms with van der Waals surface area (Å²) < 4.78 is 15.2. The van der Waals surface area contributed by atoms with Crippen molar-refractivity contribution in [2.45, 2.75) is 32.7 Å². The monoisotopic (exact) mass is 316 g/mol. The lowest BCUT2D eigenvalue weighted by Gasteiger charge is -2.26. The minimum absolute atomic E-state index is 0.0569. The Hall–Kier alpha value is -2.24. The third kappa shape index (κ3) is 3.11. The van der Waals surface area contributed by atoms with E-state index in [-0.39, 0.29) is 17.6 Å². The van der Waals surface area contributed by atoms with Crippen LogP contribution >= 0.6 is 0 Å². The van der Waals surface area contributed by atoms with Gasteiger partial charge in [0, 0.05) is 33.0 Å². The van der Waals surface area contributed by atoms with E-state index < -0.39 is 0 Å². The van der Waals surface area contributed by atoms with Crippen LogP contribution in [0.5, 0.6) is 0 Å². The van der Waals surface area contributed by atoms with Crippen molar-refractivity contribution in [1.82, 2.24) is 19.9 Å². The summed E-state index contributed by atoms with van der Waals surface area (Å²) in [6.07, 6.45) is 2.24. The highest BCUT2D eigenvalue weighted by atomic mass is 19.1. The van der Waals surface area contributed by atoms with Crippen LogP contribution in [0.2, 0.25) is 0 Å². The molecule has 0 N–H and O–H groups in total. The smallest absolute Gasteiger partial charge is 0.226 e. The molecule has 1 heterocycles. The fraction of sp³-hybridized carbons (Fsp3) is 0.471. The lowest BCUT2D eigenvalue weighted by atomic mass is 9.88. The highest BCUT2D eigenvalue weighted by Crippen LogP contribution is 2.25. The lowest BCUT2D eigenvalue weighted by Crippen LogP contribution is -2.36. The molecule has 0 saturated heterocycles. The summed E-state index contributed by atoms with van der Waals surface area (Å²) in [5, 5.41) is 8.16. The van der Waals surface area contributed by atoms with E-state index >= 15 is 0 Å². The molecule has 0 bridgehead atoms. The topological polar surface area (TPSA) is 51.0 Å². The molecule has 1 aliphatic rings. The highest BCUT2D eigenvalue weighted by Gasteiger charge is 2.30. The van der Waals surface area contributed by atoms with Crippen LogP contribution in [-0.2, 0) is 31.2 Å². The van der Waals surface area contributed by atoms with Gasteiger partial charge >= 0.3 is 0 Å². The van der Waals surface area contributed by atoms with Gasteiger partial charge < -0.3 is 4.90 Å². The minimum atomic E-state index is -0.269. The predicted octanol–water partition coefficient (Wildman–Crippen LogP) is 2.03. The van der Waals surface area contributed by atoms with Gasteiger partial charge in [0.05, 0.1) is 11.4 Å². The number of benzene rings is 1. The van der Waals surface area contributed by atoms with Gasteiger partial charge in [0.15, 0.2) is 0 Å². The van der Waals surface area contributed by atoms with Crippen LogP contribution in [0.4, 0.5) is 4.39 Å². The van der Waals surface area contributed by atoms with E-state index in [2.05, 4.69) is 10.3 Å². The molecule has 1 aliphatic carbocycles. The molecule has 122 valence electrons. The number of aromatic nitrogens is 3. The summed E-state index contributed by atoms with van der Waals surface area (Å²) in [5.74, 6) is -0.228. The quantitative estimate of drug-likeness (QED) is 0.870. The molecule has 5 nitrogen and oxygen atoms in total. The fourth-order valence-corrected chi connectivity index (χ4v) is 3.18. The van der Waals surface area contributed by atoms with E-state index in [0.29, 0.717) is 13.0 Å². The molecular formula is C17H21FN4O.